The maximum Gasteiger partial charge on any atom is 0.393 e. The molecule has 4 nitrogen and oxygen atoms in total. The van der Waals surface area contributed by atoms with Crippen molar-refractivity contribution < 1.29 is 18.0 Å². The fourth-order valence-electron chi connectivity index (χ4n) is 4.77. The van der Waals surface area contributed by atoms with Gasteiger partial charge in [0.1, 0.15) is 5.01 Å². The third kappa shape index (κ3) is 5.13. The van der Waals surface area contributed by atoms with Crippen LogP contribution in [0.5, 0.6) is 0 Å². The molecule has 0 radical (unpaired) electrons. The third-order valence-corrected chi connectivity index (χ3v) is 7.51. The van der Waals surface area contributed by atoms with Crippen molar-refractivity contribution in [3.05, 3.63) is 92.2 Å². The number of thiazole rings is 1. The number of hydrogen-bond acceptors (Lipinski definition) is 4. The van der Waals surface area contributed by atoms with Gasteiger partial charge in [-0.05, 0) is 41.7 Å². The minimum atomic E-state index is -4.46. The van der Waals surface area contributed by atoms with Gasteiger partial charge in [-0.15, -0.1) is 11.3 Å². The number of aromatic nitrogens is 2. The molecule has 4 aromatic rings. The molecular formula is C28H22ClF3N2O2S. The summed E-state index contributed by atoms with van der Waals surface area (Å²) in [5, 5.41) is 2.76. The molecule has 5 rings (SSSR count). The smallest absolute Gasteiger partial charge is 0.294 e. The zero-order valence-corrected chi connectivity index (χ0v) is 21.6. The van der Waals surface area contributed by atoms with Crippen LogP contribution in [-0.2, 0) is 12.8 Å². The Hall–Kier alpha value is -3.23. The van der Waals surface area contributed by atoms with Crippen LogP contribution in [0.15, 0.2) is 64.8 Å². The van der Waals surface area contributed by atoms with Crippen LogP contribution in [0.2, 0.25) is 5.02 Å². The van der Waals surface area contributed by atoms with Crippen LogP contribution in [-0.4, -0.2) is 21.5 Å². The summed E-state index contributed by atoms with van der Waals surface area (Å²) >= 11 is 7.22. The second-order valence-corrected chi connectivity index (χ2v) is 11.3. The largest absolute Gasteiger partial charge is 0.393 e. The van der Waals surface area contributed by atoms with Gasteiger partial charge in [-0.25, -0.2) is 4.98 Å². The summed E-state index contributed by atoms with van der Waals surface area (Å²) in [7, 11) is 0. The zero-order valence-electron chi connectivity index (χ0n) is 20.0. The number of pyridine rings is 1. The van der Waals surface area contributed by atoms with Gasteiger partial charge in [0.25, 0.3) is 5.56 Å². The van der Waals surface area contributed by atoms with Crippen molar-refractivity contribution in [3.63, 3.8) is 0 Å². The summed E-state index contributed by atoms with van der Waals surface area (Å²) in [4.78, 5) is 31.8. The predicted molar refractivity (Wildman–Crippen MR) is 140 cm³/mol. The molecule has 0 aliphatic heterocycles. The highest BCUT2D eigenvalue weighted by Crippen LogP contribution is 2.38. The number of Topliss-reactive ketones (excluding diaryl/α,β-unsaturated/α-hetero) is 1. The lowest BCUT2D eigenvalue weighted by molar-refractivity contribution is -0.127. The van der Waals surface area contributed by atoms with Gasteiger partial charge in [0.2, 0.25) is 0 Å². The Kier molecular flexibility index (Phi) is 6.36. The number of hydrogen-bond donors (Lipinski definition) is 0. The van der Waals surface area contributed by atoms with Crippen molar-refractivity contribution in [3.8, 4) is 27.5 Å². The number of halogens is 4. The van der Waals surface area contributed by atoms with E-state index in [1.807, 2.05) is 26.0 Å². The van der Waals surface area contributed by atoms with Gasteiger partial charge < -0.3 is 0 Å². The average molecular weight is 543 g/mol. The van der Waals surface area contributed by atoms with E-state index in [1.54, 1.807) is 29.6 Å². The van der Waals surface area contributed by atoms with E-state index in [0.29, 0.717) is 33.4 Å². The Bertz CT molecular complexity index is 1570. The first-order valence-corrected chi connectivity index (χ1v) is 12.9. The summed E-state index contributed by atoms with van der Waals surface area (Å²) in [6.07, 6.45) is -5.01. The molecule has 190 valence electrons. The summed E-state index contributed by atoms with van der Waals surface area (Å²) in [5.41, 5.74) is 1.54. The quantitative estimate of drug-likeness (QED) is 0.268. The van der Waals surface area contributed by atoms with Gasteiger partial charge in [0.15, 0.2) is 5.78 Å². The van der Waals surface area contributed by atoms with Crippen molar-refractivity contribution in [2.45, 2.75) is 39.3 Å². The molecule has 1 aliphatic rings. The fourth-order valence-corrected chi connectivity index (χ4v) is 5.73. The summed E-state index contributed by atoms with van der Waals surface area (Å²) < 4.78 is 41.6. The third-order valence-electron chi connectivity index (χ3n) is 6.39. The number of carbonyl (C=O) groups is 1. The van der Waals surface area contributed by atoms with Crippen molar-refractivity contribution in [2.24, 2.45) is 5.41 Å². The van der Waals surface area contributed by atoms with Gasteiger partial charge in [0, 0.05) is 33.6 Å². The lowest BCUT2D eigenvalue weighted by Gasteiger charge is -2.32. The van der Waals surface area contributed by atoms with Crippen LogP contribution < -0.4 is 5.56 Å². The number of para-hydroxylation sites is 1. The molecule has 2 aromatic heterocycles. The van der Waals surface area contributed by atoms with E-state index in [9.17, 15) is 22.8 Å². The first kappa shape index (κ1) is 25.4. The summed E-state index contributed by atoms with van der Waals surface area (Å²) in [6, 6.07) is 14.6. The molecule has 0 bridgehead atoms. The number of rotatable bonds is 4. The highest BCUT2D eigenvalue weighted by Gasteiger charge is 2.36. The average Bonchev–Trinajstić information content (AvgIpc) is 3.28. The molecule has 37 heavy (non-hydrogen) atoms. The van der Waals surface area contributed by atoms with Gasteiger partial charge in [0.05, 0.1) is 23.4 Å². The van der Waals surface area contributed by atoms with Gasteiger partial charge >= 0.3 is 6.18 Å². The minimum absolute atomic E-state index is 0.0340. The monoisotopic (exact) mass is 542 g/mol. The zero-order chi connectivity index (χ0) is 26.5. The molecule has 2 aromatic carbocycles. The Morgan fingerprint density at radius 2 is 1.73 bits per heavy atom. The summed E-state index contributed by atoms with van der Waals surface area (Å²) in [6.45, 7) is 3.83. The van der Waals surface area contributed by atoms with Crippen LogP contribution in [0.25, 0.3) is 27.5 Å². The van der Waals surface area contributed by atoms with Gasteiger partial charge in [-0.2, -0.15) is 13.2 Å². The van der Waals surface area contributed by atoms with Crippen molar-refractivity contribution >= 4 is 28.7 Å². The molecule has 0 amide bonds. The van der Waals surface area contributed by atoms with Gasteiger partial charge in [-0.1, -0.05) is 55.8 Å². The summed E-state index contributed by atoms with van der Waals surface area (Å²) in [5.74, 6) is -0.149. The van der Waals surface area contributed by atoms with Crippen molar-refractivity contribution in [1.29, 1.82) is 0 Å². The molecule has 0 atom stereocenters. The Balaban J connectivity index is 1.74. The standard InChI is InChI=1S/C28H22ClF3N2O2S/c1-27(2)13-23-19(24(35)14-27)11-20(25-33-21(15-37-25)16-7-9-18(29)10-8-16)26(36)34(23)22-6-4-3-5-17(22)12-28(30,31)32/h3-11,15H,12-14H2,1-2H3. The van der Waals surface area contributed by atoms with E-state index >= 15 is 0 Å². The maximum absolute atomic E-state index is 14.0. The first-order chi connectivity index (χ1) is 17.4. The fraction of sp³-hybridized carbons (Fsp3) is 0.250. The van der Waals surface area contributed by atoms with Crippen molar-refractivity contribution in [1.82, 2.24) is 9.55 Å². The number of ketones is 1. The Morgan fingerprint density at radius 1 is 1.03 bits per heavy atom. The highest BCUT2D eigenvalue weighted by molar-refractivity contribution is 7.13. The number of carbonyl (C=O) groups excluding carboxylic acids is 1. The van der Waals surface area contributed by atoms with E-state index in [1.165, 1.54) is 34.1 Å². The molecule has 0 saturated heterocycles. The topological polar surface area (TPSA) is 52.0 Å². The van der Waals surface area contributed by atoms with E-state index in [0.717, 1.165) is 5.56 Å². The van der Waals surface area contributed by atoms with Crippen LogP contribution in [0, 0.1) is 5.41 Å². The number of nitrogens with zero attached hydrogens (tertiary/aromatic N) is 2. The molecule has 0 unspecified atom stereocenters. The van der Waals surface area contributed by atoms with Gasteiger partial charge in [-0.3, -0.25) is 14.2 Å². The van der Waals surface area contributed by atoms with Crippen LogP contribution in [0.1, 0.15) is 41.9 Å². The van der Waals surface area contributed by atoms with E-state index in [-0.39, 0.29) is 29.0 Å². The predicted octanol–water partition coefficient (Wildman–Crippen LogP) is 7.54. The number of alkyl halides is 3. The second-order valence-electron chi connectivity index (χ2n) is 9.97. The molecule has 0 saturated carbocycles. The number of fused-ring (bicyclic) bond motifs is 1. The Morgan fingerprint density at radius 3 is 2.43 bits per heavy atom. The number of benzene rings is 2. The van der Waals surface area contributed by atoms with Crippen LogP contribution >= 0.6 is 22.9 Å². The van der Waals surface area contributed by atoms with E-state index in [2.05, 4.69) is 4.98 Å². The van der Waals surface area contributed by atoms with E-state index in [4.69, 9.17) is 11.6 Å². The normalized spacial score (nSPS) is 15.0. The highest BCUT2D eigenvalue weighted by atomic mass is 35.5. The molecule has 0 fully saturated rings. The minimum Gasteiger partial charge on any atom is -0.294 e. The molecule has 2 heterocycles. The lowest BCUT2D eigenvalue weighted by atomic mass is 9.75. The molecule has 0 N–H and O–H groups in total. The molecule has 9 heteroatoms. The molecule has 1 aliphatic carbocycles. The van der Waals surface area contributed by atoms with Crippen molar-refractivity contribution in [2.75, 3.05) is 0 Å². The maximum atomic E-state index is 14.0. The SMILES string of the molecule is CC1(C)CC(=O)c2cc(-c3nc(-c4ccc(Cl)cc4)cs3)c(=O)n(-c3ccccc3CC(F)(F)F)c2C1. The van der Waals surface area contributed by atoms with Crippen LogP contribution in [0.3, 0.4) is 0 Å². The second kappa shape index (κ2) is 9.26. The van der Waals surface area contributed by atoms with Crippen LogP contribution in [0.4, 0.5) is 13.2 Å². The van der Waals surface area contributed by atoms with E-state index < -0.39 is 23.6 Å². The first-order valence-electron chi connectivity index (χ1n) is 11.6. The lowest BCUT2D eigenvalue weighted by Crippen LogP contribution is -2.35. The Labute approximate surface area is 220 Å². The molecule has 0 spiro atoms. The molecular weight excluding hydrogens is 521 g/mol.